The van der Waals surface area contributed by atoms with Crippen LogP contribution in [0.5, 0.6) is 0 Å². The third-order valence-corrected chi connectivity index (χ3v) is 5.08. The van der Waals surface area contributed by atoms with E-state index in [1.165, 1.54) is 24.2 Å². The maximum atomic E-state index is 12.2. The highest BCUT2D eigenvalue weighted by molar-refractivity contribution is 7.13. The molecule has 1 saturated heterocycles. The maximum Gasteiger partial charge on any atom is 0.280 e. The van der Waals surface area contributed by atoms with Crippen molar-refractivity contribution in [2.75, 3.05) is 19.6 Å². The van der Waals surface area contributed by atoms with Crippen LogP contribution in [0.15, 0.2) is 6.58 Å². The molecule has 1 aromatic heterocycles. The Morgan fingerprint density at radius 1 is 1.48 bits per heavy atom. The summed E-state index contributed by atoms with van der Waals surface area (Å²) in [5.41, 5.74) is 0.795. The summed E-state index contributed by atoms with van der Waals surface area (Å²) in [5.74, 6) is 0.519. The standard InChI is InChI=1S/C17H27N3O2S/c1-11-6-8-20(9-7-11)12(2)14-13(3)23-16(19-14)15(21)18-10-17(4,5)22/h11,22H,2,6-10H2,1,3-5H3,(H,18,21). The summed E-state index contributed by atoms with van der Waals surface area (Å²) in [6.45, 7) is 13.9. The van der Waals surface area contributed by atoms with Gasteiger partial charge in [0.2, 0.25) is 0 Å². The van der Waals surface area contributed by atoms with E-state index in [-0.39, 0.29) is 12.5 Å². The maximum absolute atomic E-state index is 12.2. The fourth-order valence-electron chi connectivity index (χ4n) is 2.56. The number of nitrogens with one attached hydrogen (secondary N) is 1. The average Bonchev–Trinajstić information content (AvgIpc) is 2.86. The molecule has 2 N–H and O–H groups in total. The minimum absolute atomic E-state index is 0.199. The van der Waals surface area contributed by atoms with Crippen LogP contribution in [-0.2, 0) is 0 Å². The fraction of sp³-hybridized carbons (Fsp3) is 0.647. The molecular formula is C17H27N3O2S. The van der Waals surface area contributed by atoms with Crippen molar-refractivity contribution in [2.45, 2.75) is 46.1 Å². The van der Waals surface area contributed by atoms with Crippen molar-refractivity contribution in [3.63, 3.8) is 0 Å². The van der Waals surface area contributed by atoms with Gasteiger partial charge in [-0.2, -0.15) is 0 Å². The van der Waals surface area contributed by atoms with Crippen LogP contribution in [0.1, 0.15) is 54.0 Å². The van der Waals surface area contributed by atoms with Crippen molar-refractivity contribution in [3.05, 3.63) is 22.2 Å². The van der Waals surface area contributed by atoms with Crippen LogP contribution < -0.4 is 5.32 Å². The van der Waals surface area contributed by atoms with Crippen molar-refractivity contribution in [1.29, 1.82) is 0 Å². The summed E-state index contributed by atoms with van der Waals surface area (Å²) in [6, 6.07) is 0. The normalized spacial score (nSPS) is 16.5. The van der Waals surface area contributed by atoms with E-state index in [4.69, 9.17) is 0 Å². The highest BCUT2D eigenvalue weighted by Gasteiger charge is 2.23. The first-order chi connectivity index (χ1) is 10.7. The summed E-state index contributed by atoms with van der Waals surface area (Å²) in [4.78, 5) is 19.9. The lowest BCUT2D eigenvalue weighted by molar-refractivity contribution is 0.0694. The van der Waals surface area contributed by atoms with Crippen LogP contribution in [0, 0.1) is 12.8 Å². The Labute approximate surface area is 142 Å². The highest BCUT2D eigenvalue weighted by Crippen LogP contribution is 2.28. The zero-order valence-electron chi connectivity index (χ0n) is 14.5. The Morgan fingerprint density at radius 2 is 2.09 bits per heavy atom. The lowest BCUT2D eigenvalue weighted by Crippen LogP contribution is -2.38. The Bertz CT molecular complexity index is 581. The molecule has 0 aliphatic carbocycles. The number of aryl methyl sites for hydroxylation is 1. The Balaban J connectivity index is 2.05. The summed E-state index contributed by atoms with van der Waals surface area (Å²) >= 11 is 1.37. The molecule has 0 radical (unpaired) electrons. The summed E-state index contributed by atoms with van der Waals surface area (Å²) in [5, 5.41) is 12.8. The number of thiazole rings is 1. The van der Waals surface area contributed by atoms with Crippen LogP contribution in [0.3, 0.4) is 0 Å². The van der Waals surface area contributed by atoms with E-state index in [2.05, 4.69) is 28.7 Å². The third kappa shape index (κ3) is 4.78. The topological polar surface area (TPSA) is 65.5 Å². The van der Waals surface area contributed by atoms with Gasteiger partial charge in [0, 0.05) is 24.5 Å². The Morgan fingerprint density at radius 3 is 2.65 bits per heavy atom. The molecule has 2 rings (SSSR count). The van der Waals surface area contributed by atoms with E-state index in [1.807, 2.05) is 6.92 Å². The first-order valence-corrected chi connectivity index (χ1v) is 8.91. The van der Waals surface area contributed by atoms with Gasteiger partial charge >= 0.3 is 0 Å². The zero-order chi connectivity index (χ0) is 17.2. The number of piperidine rings is 1. The summed E-state index contributed by atoms with van der Waals surface area (Å²) in [7, 11) is 0. The molecule has 0 unspecified atom stereocenters. The van der Waals surface area contributed by atoms with Crippen LogP contribution in [0.2, 0.25) is 0 Å². The monoisotopic (exact) mass is 337 g/mol. The van der Waals surface area contributed by atoms with Gasteiger partial charge in [-0.15, -0.1) is 11.3 Å². The molecule has 0 spiro atoms. The third-order valence-electron chi connectivity index (χ3n) is 4.11. The second kappa shape index (κ2) is 7.01. The second-order valence-electron chi connectivity index (χ2n) is 7.04. The van der Waals surface area contributed by atoms with E-state index < -0.39 is 5.60 Å². The van der Waals surface area contributed by atoms with Gasteiger partial charge in [-0.25, -0.2) is 4.98 Å². The number of carbonyl (C=O) groups excluding carboxylic acids is 1. The molecule has 6 heteroatoms. The van der Waals surface area contributed by atoms with E-state index in [1.54, 1.807) is 13.8 Å². The van der Waals surface area contributed by atoms with Crippen molar-refractivity contribution in [3.8, 4) is 0 Å². The fourth-order valence-corrected chi connectivity index (χ4v) is 3.41. The van der Waals surface area contributed by atoms with Crippen molar-refractivity contribution in [1.82, 2.24) is 15.2 Å². The van der Waals surface area contributed by atoms with Gasteiger partial charge in [0.05, 0.1) is 11.3 Å². The van der Waals surface area contributed by atoms with Gasteiger partial charge < -0.3 is 15.3 Å². The highest BCUT2D eigenvalue weighted by atomic mass is 32.1. The van der Waals surface area contributed by atoms with Gasteiger partial charge in [-0.05, 0) is 39.5 Å². The average molecular weight is 337 g/mol. The zero-order valence-corrected chi connectivity index (χ0v) is 15.3. The number of likely N-dealkylation sites (tertiary alicyclic amines) is 1. The van der Waals surface area contributed by atoms with Gasteiger partial charge in [0.15, 0.2) is 5.01 Å². The van der Waals surface area contributed by atoms with E-state index in [0.29, 0.717) is 5.01 Å². The lowest BCUT2D eigenvalue weighted by Gasteiger charge is -2.33. The molecule has 23 heavy (non-hydrogen) atoms. The molecule has 1 aliphatic rings. The quantitative estimate of drug-likeness (QED) is 0.867. The first-order valence-electron chi connectivity index (χ1n) is 8.09. The number of aliphatic hydroxyl groups is 1. The molecule has 5 nitrogen and oxygen atoms in total. The molecule has 2 heterocycles. The number of aromatic nitrogens is 1. The van der Waals surface area contributed by atoms with Gasteiger partial charge in [-0.3, -0.25) is 4.79 Å². The van der Waals surface area contributed by atoms with Crippen molar-refractivity contribution < 1.29 is 9.90 Å². The van der Waals surface area contributed by atoms with Crippen LogP contribution in [0.4, 0.5) is 0 Å². The number of rotatable bonds is 5. The summed E-state index contributed by atoms with van der Waals surface area (Å²) < 4.78 is 0. The minimum Gasteiger partial charge on any atom is -0.389 e. The second-order valence-corrected chi connectivity index (χ2v) is 8.24. The van der Waals surface area contributed by atoms with Crippen LogP contribution in [-0.4, -0.2) is 46.1 Å². The molecule has 128 valence electrons. The van der Waals surface area contributed by atoms with Crippen LogP contribution in [0.25, 0.3) is 5.70 Å². The number of amides is 1. The molecule has 0 aromatic carbocycles. The van der Waals surface area contributed by atoms with E-state index in [9.17, 15) is 9.90 Å². The lowest BCUT2D eigenvalue weighted by atomic mass is 9.98. The molecule has 0 atom stereocenters. The van der Waals surface area contributed by atoms with E-state index in [0.717, 1.165) is 35.3 Å². The minimum atomic E-state index is -0.932. The molecule has 1 aliphatic heterocycles. The predicted molar refractivity (Wildman–Crippen MR) is 94.5 cm³/mol. The molecule has 0 bridgehead atoms. The molecule has 1 fully saturated rings. The largest absolute Gasteiger partial charge is 0.389 e. The number of nitrogens with zero attached hydrogens (tertiary/aromatic N) is 2. The molecule has 1 amide bonds. The Hall–Kier alpha value is -1.40. The van der Waals surface area contributed by atoms with Gasteiger partial charge in [-0.1, -0.05) is 13.5 Å². The van der Waals surface area contributed by atoms with Crippen molar-refractivity contribution >= 4 is 22.9 Å². The number of hydrogen-bond acceptors (Lipinski definition) is 5. The molecule has 0 saturated carbocycles. The SMILES string of the molecule is C=C(c1nc(C(=O)NCC(C)(C)O)sc1C)N1CCC(C)CC1. The van der Waals surface area contributed by atoms with Gasteiger partial charge in [0.25, 0.3) is 5.91 Å². The van der Waals surface area contributed by atoms with E-state index >= 15 is 0 Å². The number of carbonyl (C=O) groups is 1. The van der Waals surface area contributed by atoms with Crippen molar-refractivity contribution in [2.24, 2.45) is 5.92 Å². The smallest absolute Gasteiger partial charge is 0.280 e. The number of hydrogen-bond donors (Lipinski definition) is 2. The summed E-state index contributed by atoms with van der Waals surface area (Å²) in [6.07, 6.45) is 2.34. The predicted octanol–water partition coefficient (Wildman–Crippen LogP) is 2.65. The first kappa shape index (κ1) is 17.9. The van der Waals surface area contributed by atoms with Crippen LogP contribution >= 0.6 is 11.3 Å². The molecular weight excluding hydrogens is 310 g/mol. The Kier molecular flexibility index (Phi) is 5.47. The molecule has 1 aromatic rings. The van der Waals surface area contributed by atoms with Gasteiger partial charge in [0.1, 0.15) is 5.69 Å².